The van der Waals surface area contributed by atoms with Crippen LogP contribution in [0.1, 0.15) is 91.3 Å². The fraction of sp³-hybridized carbons (Fsp3) is 0.484. The second kappa shape index (κ2) is 8.96. The third kappa shape index (κ3) is 3.46. The summed E-state index contributed by atoms with van der Waals surface area (Å²) in [7, 11) is 0. The van der Waals surface area contributed by atoms with E-state index in [0.717, 1.165) is 54.2 Å². The number of esters is 1. The molecule has 2 aliphatic carbocycles. The number of cyclic esters (lactones) is 1. The Labute approximate surface area is 230 Å². The van der Waals surface area contributed by atoms with Gasteiger partial charge in [0, 0.05) is 28.5 Å². The van der Waals surface area contributed by atoms with E-state index in [4.69, 9.17) is 9.72 Å². The zero-order chi connectivity index (χ0) is 27.9. The highest BCUT2D eigenvalue weighted by Crippen LogP contribution is 2.46. The molecule has 0 unspecified atom stereocenters. The Morgan fingerprint density at radius 3 is 2.70 bits per heavy atom. The first-order valence-corrected chi connectivity index (χ1v) is 14.3. The fourth-order valence-corrected chi connectivity index (χ4v) is 7.35. The molecule has 40 heavy (non-hydrogen) atoms. The molecule has 0 bridgehead atoms. The Morgan fingerprint density at radius 1 is 1.18 bits per heavy atom. The van der Waals surface area contributed by atoms with E-state index in [9.17, 15) is 19.5 Å². The van der Waals surface area contributed by atoms with E-state index in [0.29, 0.717) is 35.3 Å². The van der Waals surface area contributed by atoms with Gasteiger partial charge in [0.1, 0.15) is 12.4 Å². The van der Waals surface area contributed by atoms with Crippen LogP contribution >= 0.6 is 0 Å². The number of benzene rings is 1. The summed E-state index contributed by atoms with van der Waals surface area (Å²) < 4.78 is 21.9. The highest BCUT2D eigenvalue weighted by molar-refractivity contribution is 5.94. The van der Waals surface area contributed by atoms with Crippen LogP contribution < -0.4 is 10.9 Å². The number of aryl methyl sites for hydroxylation is 1. The van der Waals surface area contributed by atoms with Crippen LogP contribution in [0.25, 0.3) is 22.3 Å². The predicted octanol–water partition coefficient (Wildman–Crippen LogP) is 4.21. The molecule has 4 heterocycles. The van der Waals surface area contributed by atoms with Gasteiger partial charge < -0.3 is 19.7 Å². The fourth-order valence-electron chi connectivity index (χ4n) is 7.35. The summed E-state index contributed by atoms with van der Waals surface area (Å²) in [6.07, 6.45) is 6.33. The van der Waals surface area contributed by atoms with Gasteiger partial charge in [-0.2, -0.15) is 0 Å². The van der Waals surface area contributed by atoms with Crippen LogP contribution in [0.2, 0.25) is 0 Å². The minimum absolute atomic E-state index is 0.00808. The van der Waals surface area contributed by atoms with Gasteiger partial charge in [0.15, 0.2) is 5.60 Å². The standard InChI is InChI=1S/C31H32FN3O5/c1-3-31(39)20-11-24-27-18(13-35(24)29(37)19(20)14-40-30(31)38)26-22(34-28(36)16-7-5-4-6-8-16)10-9-17-15(2)21(32)12-23(33-27)25(17)26/h11-12,16,22,39H,3-10,13-14H2,1-2H3,(H,34,36)/t22-,31-/m0/s1. The monoisotopic (exact) mass is 545 g/mol. The number of aromatic nitrogens is 2. The molecule has 2 aliphatic heterocycles. The lowest BCUT2D eigenvalue weighted by atomic mass is 9.81. The van der Waals surface area contributed by atoms with Crippen LogP contribution in [0.4, 0.5) is 4.39 Å². The summed E-state index contributed by atoms with van der Waals surface area (Å²) in [5, 5.41) is 15.4. The number of carbonyl (C=O) groups is 2. The molecule has 4 aliphatic rings. The van der Waals surface area contributed by atoms with Crippen molar-refractivity contribution >= 4 is 22.8 Å². The van der Waals surface area contributed by atoms with Crippen molar-refractivity contribution in [3.05, 3.63) is 61.7 Å². The van der Waals surface area contributed by atoms with E-state index in [1.165, 1.54) is 6.07 Å². The number of nitrogens with zero attached hydrogens (tertiary/aromatic N) is 2. The van der Waals surface area contributed by atoms with Gasteiger partial charge in [-0.1, -0.05) is 26.2 Å². The molecule has 9 heteroatoms. The normalized spacial score (nSPS) is 23.4. The topological polar surface area (TPSA) is 111 Å². The predicted molar refractivity (Wildman–Crippen MR) is 145 cm³/mol. The van der Waals surface area contributed by atoms with Gasteiger partial charge in [-0.25, -0.2) is 14.2 Å². The lowest BCUT2D eigenvalue weighted by Gasteiger charge is -2.31. The number of nitrogens with one attached hydrogen (secondary N) is 1. The number of hydrogen-bond acceptors (Lipinski definition) is 6. The van der Waals surface area contributed by atoms with E-state index in [-0.39, 0.29) is 59.9 Å². The number of halogens is 1. The molecule has 1 saturated carbocycles. The maximum Gasteiger partial charge on any atom is 0.343 e. The second-order valence-electron chi connectivity index (χ2n) is 11.7. The maximum absolute atomic E-state index is 15.1. The molecule has 2 aromatic heterocycles. The van der Waals surface area contributed by atoms with Crippen LogP contribution in [-0.2, 0) is 39.5 Å². The highest BCUT2D eigenvalue weighted by Gasteiger charge is 2.46. The summed E-state index contributed by atoms with van der Waals surface area (Å²) in [5.74, 6) is -1.07. The SMILES string of the molecule is CC[C@@]1(O)C(=O)OCc2c1cc1n(c2=O)Cc2c-1nc1cc(F)c(C)c3c1c2[C@@H](NC(=O)C1CCCCC1)CC3. The maximum atomic E-state index is 15.1. The number of carbonyl (C=O) groups excluding carboxylic acids is 2. The van der Waals surface area contributed by atoms with Gasteiger partial charge in [-0.15, -0.1) is 0 Å². The van der Waals surface area contributed by atoms with Crippen LogP contribution in [0.3, 0.4) is 0 Å². The molecule has 8 nitrogen and oxygen atoms in total. The zero-order valence-electron chi connectivity index (χ0n) is 22.7. The summed E-state index contributed by atoms with van der Waals surface area (Å²) in [5.41, 5.74) is 2.89. The lowest BCUT2D eigenvalue weighted by Crippen LogP contribution is -2.44. The average Bonchev–Trinajstić information content (AvgIpc) is 3.33. The molecule has 0 spiro atoms. The third-order valence-corrected chi connectivity index (χ3v) is 9.67. The second-order valence-corrected chi connectivity index (χ2v) is 11.7. The lowest BCUT2D eigenvalue weighted by molar-refractivity contribution is -0.172. The zero-order valence-corrected chi connectivity index (χ0v) is 22.7. The number of amides is 1. The molecular weight excluding hydrogens is 513 g/mol. The number of fused-ring (bicyclic) bond motifs is 5. The molecule has 1 aromatic carbocycles. The van der Waals surface area contributed by atoms with Crippen molar-refractivity contribution in [3.63, 3.8) is 0 Å². The summed E-state index contributed by atoms with van der Waals surface area (Å²) in [6, 6.07) is 2.81. The Kier molecular flexibility index (Phi) is 5.69. The Morgan fingerprint density at radius 2 is 1.95 bits per heavy atom. The van der Waals surface area contributed by atoms with E-state index in [1.807, 2.05) is 0 Å². The molecule has 1 amide bonds. The number of ether oxygens (including phenoxy) is 1. The largest absolute Gasteiger partial charge is 0.458 e. The minimum atomic E-state index is -1.93. The Bertz CT molecular complexity index is 1690. The van der Waals surface area contributed by atoms with Crippen molar-refractivity contribution in [2.45, 2.75) is 90.0 Å². The third-order valence-electron chi connectivity index (χ3n) is 9.67. The van der Waals surface area contributed by atoms with Crippen molar-refractivity contribution in [2.75, 3.05) is 0 Å². The first-order valence-electron chi connectivity index (χ1n) is 14.3. The minimum Gasteiger partial charge on any atom is -0.458 e. The van der Waals surface area contributed by atoms with Gasteiger partial charge in [0.25, 0.3) is 5.56 Å². The smallest absolute Gasteiger partial charge is 0.343 e. The van der Waals surface area contributed by atoms with Crippen LogP contribution in [0, 0.1) is 18.7 Å². The van der Waals surface area contributed by atoms with Crippen LogP contribution in [0.5, 0.6) is 0 Å². The van der Waals surface area contributed by atoms with Crippen molar-refractivity contribution < 1.29 is 23.8 Å². The van der Waals surface area contributed by atoms with Crippen LogP contribution in [-0.4, -0.2) is 26.5 Å². The molecule has 208 valence electrons. The van der Waals surface area contributed by atoms with Crippen molar-refractivity contribution in [1.82, 2.24) is 14.9 Å². The first kappa shape index (κ1) is 25.4. The number of rotatable bonds is 3. The Hall–Kier alpha value is -3.59. The molecular formula is C31H32FN3O5. The molecule has 1 fully saturated rings. The number of aliphatic hydroxyl groups is 1. The van der Waals surface area contributed by atoms with Gasteiger partial charge in [-0.05, 0) is 61.8 Å². The average molecular weight is 546 g/mol. The highest BCUT2D eigenvalue weighted by atomic mass is 19.1. The van der Waals surface area contributed by atoms with Gasteiger partial charge >= 0.3 is 5.97 Å². The summed E-state index contributed by atoms with van der Waals surface area (Å²) >= 11 is 0. The Balaban J connectivity index is 1.44. The molecule has 2 atom stereocenters. The van der Waals surface area contributed by atoms with Gasteiger partial charge in [0.05, 0.1) is 35.1 Å². The molecule has 0 radical (unpaired) electrons. The van der Waals surface area contributed by atoms with Crippen LogP contribution in [0.15, 0.2) is 16.9 Å². The summed E-state index contributed by atoms with van der Waals surface area (Å²) in [6.45, 7) is 3.47. The molecule has 3 aromatic rings. The molecule has 7 rings (SSSR count). The quantitative estimate of drug-likeness (QED) is 0.373. The summed E-state index contributed by atoms with van der Waals surface area (Å²) in [4.78, 5) is 44.6. The first-order chi connectivity index (χ1) is 19.2. The molecule has 0 saturated heterocycles. The van der Waals surface area contributed by atoms with Crippen molar-refractivity contribution in [1.29, 1.82) is 0 Å². The van der Waals surface area contributed by atoms with E-state index < -0.39 is 11.6 Å². The number of pyridine rings is 2. The van der Waals surface area contributed by atoms with E-state index in [2.05, 4.69) is 5.32 Å². The van der Waals surface area contributed by atoms with Crippen molar-refractivity contribution in [3.8, 4) is 11.4 Å². The van der Waals surface area contributed by atoms with Crippen molar-refractivity contribution in [2.24, 2.45) is 5.92 Å². The van der Waals surface area contributed by atoms with Gasteiger partial charge in [0.2, 0.25) is 5.91 Å². The van der Waals surface area contributed by atoms with Gasteiger partial charge in [-0.3, -0.25) is 9.59 Å². The van der Waals surface area contributed by atoms with E-state index >= 15 is 4.39 Å². The molecule has 2 N–H and O–H groups in total. The van der Waals surface area contributed by atoms with E-state index in [1.54, 1.807) is 24.5 Å². The number of hydrogen-bond donors (Lipinski definition) is 2.